The molecule has 0 atom stereocenters. The highest BCUT2D eigenvalue weighted by Crippen LogP contribution is 2.15. The van der Waals surface area contributed by atoms with E-state index in [-0.39, 0.29) is 12.5 Å². The molecule has 0 spiro atoms. The molecule has 0 aliphatic heterocycles. The van der Waals surface area contributed by atoms with Gasteiger partial charge in [-0.3, -0.25) is 4.79 Å². The van der Waals surface area contributed by atoms with Crippen molar-refractivity contribution in [2.24, 2.45) is 5.10 Å². The van der Waals surface area contributed by atoms with Gasteiger partial charge in [-0.2, -0.15) is 5.10 Å². The van der Waals surface area contributed by atoms with E-state index in [0.717, 1.165) is 21.8 Å². The van der Waals surface area contributed by atoms with Crippen LogP contribution in [0.15, 0.2) is 40.8 Å². The minimum absolute atomic E-state index is 0.161. The van der Waals surface area contributed by atoms with Gasteiger partial charge in [-0.15, -0.1) is 11.3 Å². The molecule has 0 bridgehead atoms. The van der Waals surface area contributed by atoms with Crippen LogP contribution in [0.25, 0.3) is 0 Å². The standard InChI is InChI=1S/C16H19N3OS/c1-11-6-7-14(12(2)9-11)17-10-16(20)19-18-13(3)15-5-4-8-21-15/h4-9,17H,10H2,1-3H3,(H,19,20). The molecule has 0 aliphatic rings. The summed E-state index contributed by atoms with van der Waals surface area (Å²) in [5.41, 5.74) is 6.68. The van der Waals surface area contributed by atoms with Gasteiger partial charge in [-0.05, 0) is 43.8 Å². The van der Waals surface area contributed by atoms with Gasteiger partial charge in [0.2, 0.25) is 0 Å². The molecule has 0 saturated carbocycles. The average Bonchev–Trinajstić information content (AvgIpc) is 2.98. The van der Waals surface area contributed by atoms with Gasteiger partial charge in [0.25, 0.3) is 5.91 Å². The fourth-order valence-corrected chi connectivity index (χ4v) is 2.59. The van der Waals surface area contributed by atoms with Crippen LogP contribution in [0.1, 0.15) is 22.9 Å². The van der Waals surface area contributed by atoms with E-state index in [4.69, 9.17) is 0 Å². The van der Waals surface area contributed by atoms with Gasteiger partial charge >= 0.3 is 0 Å². The number of rotatable bonds is 5. The van der Waals surface area contributed by atoms with Crippen molar-refractivity contribution in [1.29, 1.82) is 0 Å². The molecule has 1 aromatic carbocycles. The first-order chi connectivity index (χ1) is 10.1. The second kappa shape index (κ2) is 7.04. The number of thiophene rings is 1. The van der Waals surface area contributed by atoms with Gasteiger partial charge in [-0.25, -0.2) is 5.43 Å². The van der Waals surface area contributed by atoms with E-state index in [2.05, 4.69) is 21.9 Å². The van der Waals surface area contributed by atoms with Crippen LogP contribution >= 0.6 is 11.3 Å². The third kappa shape index (κ3) is 4.43. The van der Waals surface area contributed by atoms with Crippen LogP contribution in [-0.2, 0) is 4.79 Å². The predicted molar refractivity (Wildman–Crippen MR) is 89.1 cm³/mol. The lowest BCUT2D eigenvalue weighted by Crippen LogP contribution is -2.26. The number of aryl methyl sites for hydroxylation is 2. The number of nitrogens with one attached hydrogen (secondary N) is 2. The maximum absolute atomic E-state index is 11.8. The molecule has 1 amide bonds. The Balaban J connectivity index is 1.86. The average molecular weight is 301 g/mol. The summed E-state index contributed by atoms with van der Waals surface area (Å²) in [6, 6.07) is 10.0. The Kier molecular flexibility index (Phi) is 5.11. The minimum Gasteiger partial charge on any atom is -0.376 e. The summed E-state index contributed by atoms with van der Waals surface area (Å²) in [6.07, 6.45) is 0. The molecule has 0 unspecified atom stereocenters. The molecule has 0 saturated heterocycles. The molecule has 0 aliphatic carbocycles. The zero-order valence-electron chi connectivity index (χ0n) is 12.4. The number of hydrazone groups is 1. The number of amides is 1. The minimum atomic E-state index is -0.161. The Bertz CT molecular complexity index is 648. The fraction of sp³-hybridized carbons (Fsp3) is 0.250. The third-order valence-corrected chi connectivity index (χ3v) is 4.03. The van der Waals surface area contributed by atoms with E-state index in [1.54, 1.807) is 11.3 Å². The number of hydrogen-bond acceptors (Lipinski definition) is 4. The van der Waals surface area contributed by atoms with Gasteiger partial charge < -0.3 is 5.32 Å². The molecule has 2 rings (SSSR count). The SMILES string of the molecule is CC(=NNC(=O)CNc1ccc(C)cc1C)c1cccs1. The van der Waals surface area contributed by atoms with Crippen LogP contribution in [0.2, 0.25) is 0 Å². The van der Waals surface area contributed by atoms with Crippen LogP contribution in [0.5, 0.6) is 0 Å². The number of hydrogen-bond donors (Lipinski definition) is 2. The van der Waals surface area contributed by atoms with Gasteiger partial charge in [0.1, 0.15) is 0 Å². The highest BCUT2D eigenvalue weighted by atomic mass is 32.1. The number of carbonyl (C=O) groups excluding carboxylic acids is 1. The maximum atomic E-state index is 11.8. The number of anilines is 1. The van der Waals surface area contributed by atoms with Crippen LogP contribution in [0.3, 0.4) is 0 Å². The van der Waals surface area contributed by atoms with Crippen molar-refractivity contribution >= 4 is 28.6 Å². The van der Waals surface area contributed by atoms with E-state index in [9.17, 15) is 4.79 Å². The summed E-state index contributed by atoms with van der Waals surface area (Å²) >= 11 is 1.60. The molecule has 4 nitrogen and oxygen atoms in total. The second-order valence-corrected chi connectivity index (χ2v) is 5.83. The van der Waals surface area contributed by atoms with Crippen molar-refractivity contribution < 1.29 is 4.79 Å². The normalized spacial score (nSPS) is 11.3. The van der Waals surface area contributed by atoms with Crippen molar-refractivity contribution in [2.45, 2.75) is 20.8 Å². The monoisotopic (exact) mass is 301 g/mol. The first-order valence-electron chi connectivity index (χ1n) is 6.74. The van der Waals surface area contributed by atoms with Crippen molar-refractivity contribution in [3.63, 3.8) is 0 Å². The Morgan fingerprint density at radius 1 is 1.29 bits per heavy atom. The zero-order valence-corrected chi connectivity index (χ0v) is 13.3. The van der Waals surface area contributed by atoms with Crippen LogP contribution < -0.4 is 10.7 Å². The van der Waals surface area contributed by atoms with Crippen molar-refractivity contribution in [2.75, 3.05) is 11.9 Å². The number of nitrogens with zero attached hydrogens (tertiary/aromatic N) is 1. The summed E-state index contributed by atoms with van der Waals surface area (Å²) in [5, 5.41) is 9.21. The van der Waals surface area contributed by atoms with Crippen LogP contribution in [-0.4, -0.2) is 18.2 Å². The first-order valence-corrected chi connectivity index (χ1v) is 7.62. The molecule has 1 heterocycles. The molecule has 2 N–H and O–H groups in total. The summed E-state index contributed by atoms with van der Waals surface area (Å²) in [4.78, 5) is 12.8. The fourth-order valence-electron chi connectivity index (χ4n) is 1.91. The van der Waals surface area contributed by atoms with Crippen molar-refractivity contribution in [3.05, 3.63) is 51.7 Å². The van der Waals surface area contributed by atoms with E-state index in [1.807, 2.05) is 50.4 Å². The lowest BCUT2D eigenvalue weighted by Gasteiger charge is -2.09. The van der Waals surface area contributed by atoms with E-state index < -0.39 is 0 Å². The summed E-state index contributed by atoms with van der Waals surface area (Å²) in [7, 11) is 0. The highest BCUT2D eigenvalue weighted by molar-refractivity contribution is 7.12. The molecular weight excluding hydrogens is 282 g/mol. The van der Waals surface area contributed by atoms with Gasteiger partial charge in [0.15, 0.2) is 0 Å². The lowest BCUT2D eigenvalue weighted by atomic mass is 10.1. The molecule has 110 valence electrons. The van der Waals surface area contributed by atoms with Gasteiger partial charge in [0.05, 0.1) is 12.3 Å². The topological polar surface area (TPSA) is 53.5 Å². The number of benzene rings is 1. The lowest BCUT2D eigenvalue weighted by molar-refractivity contribution is -0.119. The Labute approximate surface area is 128 Å². The van der Waals surface area contributed by atoms with Crippen molar-refractivity contribution in [3.8, 4) is 0 Å². The van der Waals surface area contributed by atoms with E-state index in [0.29, 0.717) is 0 Å². The maximum Gasteiger partial charge on any atom is 0.259 e. The summed E-state index contributed by atoms with van der Waals surface area (Å²) in [5.74, 6) is -0.161. The first kappa shape index (κ1) is 15.3. The largest absolute Gasteiger partial charge is 0.376 e. The zero-order chi connectivity index (χ0) is 15.2. The summed E-state index contributed by atoms with van der Waals surface area (Å²) < 4.78 is 0. The smallest absolute Gasteiger partial charge is 0.259 e. The molecule has 0 fully saturated rings. The van der Waals surface area contributed by atoms with E-state index in [1.165, 1.54) is 5.56 Å². The Morgan fingerprint density at radius 3 is 2.76 bits per heavy atom. The molecule has 21 heavy (non-hydrogen) atoms. The Hall–Kier alpha value is -2.14. The molecular formula is C16H19N3OS. The molecule has 1 aromatic heterocycles. The second-order valence-electron chi connectivity index (χ2n) is 4.88. The number of carbonyl (C=O) groups is 1. The highest BCUT2D eigenvalue weighted by Gasteiger charge is 2.03. The Morgan fingerprint density at radius 2 is 2.10 bits per heavy atom. The molecule has 5 heteroatoms. The quantitative estimate of drug-likeness (QED) is 0.657. The van der Waals surface area contributed by atoms with E-state index >= 15 is 0 Å². The molecule has 2 aromatic rings. The van der Waals surface area contributed by atoms with Crippen molar-refractivity contribution in [1.82, 2.24) is 5.43 Å². The van der Waals surface area contributed by atoms with Crippen LogP contribution in [0, 0.1) is 13.8 Å². The summed E-state index contributed by atoms with van der Waals surface area (Å²) in [6.45, 7) is 6.15. The van der Waals surface area contributed by atoms with Gasteiger partial charge in [-0.1, -0.05) is 23.8 Å². The predicted octanol–water partition coefficient (Wildman–Crippen LogP) is 3.32. The third-order valence-electron chi connectivity index (χ3n) is 3.05. The van der Waals surface area contributed by atoms with Crippen LogP contribution in [0.4, 0.5) is 5.69 Å². The van der Waals surface area contributed by atoms with Gasteiger partial charge in [0, 0.05) is 10.6 Å². The molecule has 0 radical (unpaired) electrons.